The molecule has 2 heterocycles. The van der Waals surface area contributed by atoms with Crippen molar-refractivity contribution in [2.24, 2.45) is 5.92 Å². The lowest BCUT2D eigenvalue weighted by Gasteiger charge is -2.03. The van der Waals surface area contributed by atoms with E-state index in [-0.39, 0.29) is 6.04 Å². The molecular formula is C13H16N2O2. The lowest BCUT2D eigenvalue weighted by molar-refractivity contribution is -0.139. The van der Waals surface area contributed by atoms with Crippen LogP contribution in [0.4, 0.5) is 0 Å². The Kier molecular flexibility index (Phi) is 3.88. The Hall–Kier alpha value is -1.68. The summed E-state index contributed by atoms with van der Waals surface area (Å²) in [6.07, 6.45) is 9.31. The highest BCUT2D eigenvalue weighted by Crippen LogP contribution is 2.18. The molecule has 1 saturated heterocycles. The molecule has 4 heteroatoms. The van der Waals surface area contributed by atoms with Crippen LogP contribution in [0.1, 0.15) is 18.4 Å². The molecule has 1 aliphatic rings. The Morgan fingerprint density at radius 1 is 1.53 bits per heavy atom. The van der Waals surface area contributed by atoms with E-state index >= 15 is 0 Å². The highest BCUT2D eigenvalue weighted by Gasteiger charge is 2.27. The molecule has 2 N–H and O–H groups in total. The van der Waals surface area contributed by atoms with Gasteiger partial charge in [0.25, 0.3) is 0 Å². The predicted molar refractivity (Wildman–Crippen MR) is 65.4 cm³/mol. The van der Waals surface area contributed by atoms with Crippen LogP contribution in [0.5, 0.6) is 0 Å². The average Bonchev–Trinajstić information content (AvgIpc) is 2.79. The van der Waals surface area contributed by atoms with Gasteiger partial charge < -0.3 is 10.4 Å². The molecule has 0 amide bonds. The number of carbonyl (C=O) groups is 1. The highest BCUT2D eigenvalue weighted by atomic mass is 16.4. The van der Waals surface area contributed by atoms with E-state index in [9.17, 15) is 4.79 Å². The Morgan fingerprint density at radius 2 is 2.29 bits per heavy atom. The average molecular weight is 232 g/mol. The minimum absolute atomic E-state index is 0.366. The highest BCUT2D eigenvalue weighted by molar-refractivity contribution is 5.73. The molecule has 0 aliphatic carbocycles. The molecule has 1 aliphatic heterocycles. The van der Waals surface area contributed by atoms with Gasteiger partial charge in [0.2, 0.25) is 0 Å². The minimum atomic E-state index is -0.745. The number of allylic oxidation sites excluding steroid dienone is 1. The predicted octanol–water partition coefficient (Wildman–Crippen LogP) is 1.55. The van der Waals surface area contributed by atoms with Crippen molar-refractivity contribution in [1.29, 1.82) is 0 Å². The van der Waals surface area contributed by atoms with Gasteiger partial charge in [0.15, 0.2) is 0 Å². The summed E-state index contributed by atoms with van der Waals surface area (Å²) in [6.45, 7) is 0.789. The molecular weight excluding hydrogens is 216 g/mol. The molecule has 90 valence electrons. The molecule has 17 heavy (non-hydrogen) atoms. The van der Waals surface area contributed by atoms with Crippen molar-refractivity contribution in [2.45, 2.75) is 18.9 Å². The third-order valence-electron chi connectivity index (χ3n) is 3.01. The molecule has 2 unspecified atom stereocenters. The fraction of sp³-hybridized carbons (Fsp3) is 0.385. The monoisotopic (exact) mass is 232 g/mol. The van der Waals surface area contributed by atoms with Crippen molar-refractivity contribution in [3.63, 3.8) is 0 Å². The zero-order valence-electron chi connectivity index (χ0n) is 9.54. The van der Waals surface area contributed by atoms with Crippen molar-refractivity contribution in [2.75, 3.05) is 6.54 Å². The van der Waals surface area contributed by atoms with Gasteiger partial charge in [-0.2, -0.15) is 0 Å². The largest absolute Gasteiger partial charge is 0.480 e. The Labute approximate surface area is 100 Å². The van der Waals surface area contributed by atoms with Crippen LogP contribution in [0.2, 0.25) is 0 Å². The first-order valence-electron chi connectivity index (χ1n) is 5.78. The summed E-state index contributed by atoms with van der Waals surface area (Å²) in [7, 11) is 0. The normalized spacial score (nSPS) is 24.2. The van der Waals surface area contributed by atoms with E-state index in [2.05, 4.69) is 22.5 Å². The van der Waals surface area contributed by atoms with Gasteiger partial charge in [-0.3, -0.25) is 9.78 Å². The summed E-state index contributed by atoms with van der Waals surface area (Å²) in [5.41, 5.74) is 1.13. The molecule has 0 aromatic carbocycles. The van der Waals surface area contributed by atoms with Gasteiger partial charge in [0, 0.05) is 12.4 Å². The molecule has 2 rings (SSSR count). The van der Waals surface area contributed by atoms with E-state index in [0.717, 1.165) is 24.9 Å². The van der Waals surface area contributed by atoms with Crippen LogP contribution in [-0.4, -0.2) is 28.6 Å². The second-order valence-corrected chi connectivity index (χ2v) is 4.32. The van der Waals surface area contributed by atoms with Crippen molar-refractivity contribution in [1.82, 2.24) is 10.3 Å². The summed E-state index contributed by atoms with van der Waals surface area (Å²) in [5.74, 6) is -0.320. The number of hydrogen-bond acceptors (Lipinski definition) is 3. The minimum Gasteiger partial charge on any atom is -0.480 e. The van der Waals surface area contributed by atoms with Crippen molar-refractivity contribution < 1.29 is 9.90 Å². The molecule has 0 bridgehead atoms. The quantitative estimate of drug-likeness (QED) is 0.826. The number of aromatic nitrogens is 1. The van der Waals surface area contributed by atoms with E-state index in [4.69, 9.17) is 5.11 Å². The standard InChI is InChI=1S/C13H16N2O2/c16-13(17)12-8-11(9-15-12)3-1-2-10-4-6-14-7-5-10/h1-2,4-7,11-12,15H,3,8-9H2,(H,16,17). The van der Waals surface area contributed by atoms with E-state index in [1.54, 1.807) is 12.4 Å². The Morgan fingerprint density at radius 3 is 2.94 bits per heavy atom. The molecule has 1 fully saturated rings. The number of pyridine rings is 1. The van der Waals surface area contributed by atoms with Gasteiger partial charge in [-0.05, 0) is 43.0 Å². The lowest BCUT2D eigenvalue weighted by Crippen LogP contribution is -2.29. The summed E-state index contributed by atoms with van der Waals surface area (Å²) < 4.78 is 0. The molecule has 0 spiro atoms. The number of rotatable bonds is 4. The lowest BCUT2D eigenvalue weighted by atomic mass is 10.0. The summed E-state index contributed by atoms with van der Waals surface area (Å²) in [4.78, 5) is 14.7. The molecule has 1 aromatic rings. The maximum atomic E-state index is 10.8. The van der Waals surface area contributed by atoms with Crippen LogP contribution >= 0.6 is 0 Å². The van der Waals surface area contributed by atoms with E-state index in [1.165, 1.54) is 0 Å². The number of nitrogens with one attached hydrogen (secondary N) is 1. The van der Waals surface area contributed by atoms with Crippen LogP contribution in [0.3, 0.4) is 0 Å². The third kappa shape index (κ3) is 3.39. The van der Waals surface area contributed by atoms with Crippen molar-refractivity contribution >= 4 is 12.0 Å². The Bertz CT molecular complexity index is 403. The zero-order valence-corrected chi connectivity index (χ0v) is 9.54. The van der Waals surface area contributed by atoms with Crippen LogP contribution in [0.25, 0.3) is 6.08 Å². The van der Waals surface area contributed by atoms with Crippen molar-refractivity contribution in [3.05, 3.63) is 36.2 Å². The van der Waals surface area contributed by atoms with Crippen LogP contribution in [0, 0.1) is 5.92 Å². The molecule has 0 radical (unpaired) electrons. The molecule has 2 atom stereocenters. The fourth-order valence-electron chi connectivity index (χ4n) is 2.05. The van der Waals surface area contributed by atoms with Gasteiger partial charge >= 0.3 is 5.97 Å². The maximum Gasteiger partial charge on any atom is 0.320 e. The molecule has 1 aromatic heterocycles. The smallest absolute Gasteiger partial charge is 0.320 e. The number of carboxylic acids is 1. The third-order valence-corrected chi connectivity index (χ3v) is 3.01. The van der Waals surface area contributed by atoms with Crippen LogP contribution in [-0.2, 0) is 4.79 Å². The van der Waals surface area contributed by atoms with E-state index < -0.39 is 5.97 Å². The fourth-order valence-corrected chi connectivity index (χ4v) is 2.05. The summed E-state index contributed by atoms with van der Waals surface area (Å²) in [6, 6.07) is 3.53. The van der Waals surface area contributed by atoms with Gasteiger partial charge in [0.05, 0.1) is 0 Å². The van der Waals surface area contributed by atoms with Crippen molar-refractivity contribution in [3.8, 4) is 0 Å². The van der Waals surface area contributed by atoms with E-state index in [0.29, 0.717) is 5.92 Å². The van der Waals surface area contributed by atoms with Crippen LogP contribution in [0.15, 0.2) is 30.6 Å². The first-order valence-corrected chi connectivity index (χ1v) is 5.78. The first kappa shape index (κ1) is 11.8. The van der Waals surface area contributed by atoms with Gasteiger partial charge in [-0.1, -0.05) is 12.2 Å². The zero-order chi connectivity index (χ0) is 12.1. The van der Waals surface area contributed by atoms with Gasteiger partial charge in [-0.25, -0.2) is 0 Å². The second kappa shape index (κ2) is 5.59. The van der Waals surface area contributed by atoms with Crippen LogP contribution < -0.4 is 5.32 Å². The number of nitrogens with zero attached hydrogens (tertiary/aromatic N) is 1. The molecule has 4 nitrogen and oxygen atoms in total. The SMILES string of the molecule is O=C(O)C1CC(CC=Cc2ccncc2)CN1. The number of hydrogen-bond donors (Lipinski definition) is 2. The molecule has 0 saturated carbocycles. The van der Waals surface area contributed by atoms with Gasteiger partial charge in [0.1, 0.15) is 6.04 Å². The summed E-state index contributed by atoms with van der Waals surface area (Å²) >= 11 is 0. The number of aliphatic carboxylic acids is 1. The summed E-state index contributed by atoms with van der Waals surface area (Å²) in [5, 5.41) is 11.9. The second-order valence-electron chi connectivity index (χ2n) is 4.32. The van der Waals surface area contributed by atoms with E-state index in [1.807, 2.05) is 12.1 Å². The topological polar surface area (TPSA) is 62.2 Å². The maximum absolute atomic E-state index is 10.8. The first-order chi connectivity index (χ1) is 8.25. The Balaban J connectivity index is 1.80. The number of carboxylic acid groups (broad SMARTS) is 1. The van der Waals surface area contributed by atoms with Gasteiger partial charge in [-0.15, -0.1) is 0 Å².